The summed E-state index contributed by atoms with van der Waals surface area (Å²) >= 11 is 0. The number of rotatable bonds is 5. The molecule has 0 aromatic carbocycles. The monoisotopic (exact) mass is 201 g/mol. The Morgan fingerprint density at radius 3 is 2.36 bits per heavy atom. The van der Waals surface area contributed by atoms with Gasteiger partial charge in [-0.25, -0.2) is 0 Å². The molecule has 0 aliphatic carbocycles. The molecule has 0 saturated heterocycles. The number of carbonyl (C=O) groups excluding carboxylic acids is 2. The Balaban J connectivity index is 3.77. The van der Waals surface area contributed by atoms with E-state index in [-0.39, 0.29) is 17.9 Å². The third-order valence-corrected chi connectivity index (χ3v) is 1.84. The van der Waals surface area contributed by atoms with Crippen molar-refractivity contribution in [3.05, 3.63) is 0 Å². The Hall–Kier alpha value is -1.10. The van der Waals surface area contributed by atoms with Crippen molar-refractivity contribution in [2.24, 2.45) is 5.73 Å². The average Bonchev–Trinajstić information content (AvgIpc) is 2.13. The molecule has 2 atom stereocenters. The summed E-state index contributed by atoms with van der Waals surface area (Å²) in [4.78, 5) is 22.3. The van der Waals surface area contributed by atoms with Gasteiger partial charge in [0.15, 0.2) is 0 Å². The first kappa shape index (κ1) is 12.9. The summed E-state index contributed by atoms with van der Waals surface area (Å²) < 4.78 is 0. The van der Waals surface area contributed by atoms with Gasteiger partial charge in [0.05, 0.1) is 0 Å². The fourth-order valence-electron chi connectivity index (χ4n) is 0.954. The molecule has 82 valence electrons. The largest absolute Gasteiger partial charge is 0.357 e. The zero-order chi connectivity index (χ0) is 11.1. The quantitative estimate of drug-likeness (QED) is 0.553. The highest BCUT2D eigenvalue weighted by molar-refractivity contribution is 5.86. The maximum Gasteiger partial charge on any atom is 0.242 e. The summed E-state index contributed by atoms with van der Waals surface area (Å²) in [5.41, 5.74) is 5.50. The lowest BCUT2D eigenvalue weighted by Gasteiger charge is -2.12. The Morgan fingerprint density at radius 2 is 1.93 bits per heavy atom. The molecule has 0 spiro atoms. The Labute approximate surface area is 84.4 Å². The van der Waals surface area contributed by atoms with Crippen LogP contribution >= 0.6 is 0 Å². The predicted molar refractivity (Wildman–Crippen MR) is 54.6 cm³/mol. The zero-order valence-corrected chi connectivity index (χ0v) is 8.96. The van der Waals surface area contributed by atoms with E-state index in [1.54, 1.807) is 6.92 Å². The van der Waals surface area contributed by atoms with Gasteiger partial charge in [0, 0.05) is 19.5 Å². The minimum Gasteiger partial charge on any atom is -0.357 e. The van der Waals surface area contributed by atoms with E-state index >= 15 is 0 Å². The molecular weight excluding hydrogens is 182 g/mol. The number of hydrogen-bond donors (Lipinski definition) is 3. The Morgan fingerprint density at radius 1 is 1.36 bits per heavy atom. The van der Waals surface area contributed by atoms with Crippen LogP contribution in [0.25, 0.3) is 0 Å². The van der Waals surface area contributed by atoms with Gasteiger partial charge in [-0.1, -0.05) is 0 Å². The standard InChI is InChI=1S/C9H19N3O2/c1-6(10)4-5-8(13)12-7(2)9(14)11-3/h6-7H,4-5,10H2,1-3H3,(H,11,14)(H,12,13). The summed E-state index contributed by atoms with van der Waals surface area (Å²) in [5.74, 6) is -0.336. The number of hydrogen-bond acceptors (Lipinski definition) is 3. The van der Waals surface area contributed by atoms with Gasteiger partial charge >= 0.3 is 0 Å². The molecule has 2 unspecified atom stereocenters. The van der Waals surface area contributed by atoms with Crippen LogP contribution in [0.1, 0.15) is 26.7 Å². The van der Waals surface area contributed by atoms with E-state index in [0.717, 1.165) is 0 Å². The minimum atomic E-state index is -0.486. The molecule has 0 aromatic rings. The molecule has 0 aliphatic rings. The van der Waals surface area contributed by atoms with E-state index in [1.807, 2.05) is 6.92 Å². The molecule has 14 heavy (non-hydrogen) atoms. The number of likely N-dealkylation sites (N-methyl/N-ethyl adjacent to an activating group) is 1. The smallest absolute Gasteiger partial charge is 0.242 e. The Kier molecular flexibility index (Phi) is 5.87. The number of nitrogens with two attached hydrogens (primary N) is 1. The van der Waals surface area contributed by atoms with Gasteiger partial charge in [0.25, 0.3) is 0 Å². The van der Waals surface area contributed by atoms with Crippen molar-refractivity contribution in [2.75, 3.05) is 7.05 Å². The van der Waals surface area contributed by atoms with Gasteiger partial charge in [0.1, 0.15) is 6.04 Å². The SMILES string of the molecule is CNC(=O)C(C)NC(=O)CCC(C)N. The van der Waals surface area contributed by atoms with E-state index < -0.39 is 6.04 Å². The molecule has 0 aliphatic heterocycles. The summed E-state index contributed by atoms with van der Waals surface area (Å²) in [6.07, 6.45) is 0.991. The average molecular weight is 201 g/mol. The van der Waals surface area contributed by atoms with Gasteiger partial charge in [0.2, 0.25) is 11.8 Å². The van der Waals surface area contributed by atoms with Crippen molar-refractivity contribution < 1.29 is 9.59 Å². The lowest BCUT2D eigenvalue weighted by atomic mass is 10.2. The van der Waals surface area contributed by atoms with Crippen LogP contribution in [0.4, 0.5) is 0 Å². The van der Waals surface area contributed by atoms with E-state index in [1.165, 1.54) is 7.05 Å². The fraction of sp³-hybridized carbons (Fsp3) is 0.778. The summed E-state index contributed by atoms with van der Waals surface area (Å²) in [7, 11) is 1.53. The highest BCUT2D eigenvalue weighted by Gasteiger charge is 2.13. The predicted octanol–water partition coefficient (Wildman–Crippen LogP) is -0.635. The molecule has 0 saturated carbocycles. The second kappa shape index (κ2) is 6.37. The van der Waals surface area contributed by atoms with Gasteiger partial charge in [-0.15, -0.1) is 0 Å². The van der Waals surface area contributed by atoms with E-state index in [0.29, 0.717) is 12.8 Å². The van der Waals surface area contributed by atoms with Crippen LogP contribution < -0.4 is 16.4 Å². The van der Waals surface area contributed by atoms with Crippen LogP contribution in [-0.4, -0.2) is 30.9 Å². The molecule has 0 bridgehead atoms. The van der Waals surface area contributed by atoms with Gasteiger partial charge < -0.3 is 16.4 Å². The molecule has 2 amide bonds. The lowest BCUT2D eigenvalue weighted by molar-refractivity contribution is -0.128. The molecule has 4 N–H and O–H groups in total. The van der Waals surface area contributed by atoms with Crippen molar-refractivity contribution in [1.82, 2.24) is 10.6 Å². The first-order valence-electron chi connectivity index (χ1n) is 4.74. The van der Waals surface area contributed by atoms with Gasteiger partial charge in [-0.05, 0) is 20.3 Å². The second-order valence-electron chi connectivity index (χ2n) is 3.42. The lowest BCUT2D eigenvalue weighted by Crippen LogP contribution is -2.43. The normalized spacial score (nSPS) is 14.3. The molecule has 0 rings (SSSR count). The van der Waals surface area contributed by atoms with Crippen LogP contribution in [-0.2, 0) is 9.59 Å². The van der Waals surface area contributed by atoms with Crippen LogP contribution in [0.15, 0.2) is 0 Å². The highest BCUT2D eigenvalue weighted by atomic mass is 16.2. The number of amides is 2. The first-order chi connectivity index (χ1) is 6.47. The minimum absolute atomic E-state index is 0.0102. The topological polar surface area (TPSA) is 84.2 Å². The maximum atomic E-state index is 11.2. The molecular formula is C9H19N3O2. The van der Waals surface area contributed by atoms with Crippen molar-refractivity contribution in [3.63, 3.8) is 0 Å². The third-order valence-electron chi connectivity index (χ3n) is 1.84. The van der Waals surface area contributed by atoms with Crippen molar-refractivity contribution >= 4 is 11.8 Å². The number of nitrogens with one attached hydrogen (secondary N) is 2. The van der Waals surface area contributed by atoms with Crippen molar-refractivity contribution in [3.8, 4) is 0 Å². The molecule has 0 aromatic heterocycles. The third kappa shape index (κ3) is 5.53. The molecule has 0 heterocycles. The van der Waals surface area contributed by atoms with Crippen LogP contribution in [0.3, 0.4) is 0 Å². The molecule has 5 heteroatoms. The fourth-order valence-corrected chi connectivity index (χ4v) is 0.954. The van der Waals surface area contributed by atoms with Crippen LogP contribution in [0.5, 0.6) is 0 Å². The summed E-state index contributed by atoms with van der Waals surface area (Å²) in [6, 6.07) is -0.475. The van der Waals surface area contributed by atoms with Crippen molar-refractivity contribution in [1.29, 1.82) is 0 Å². The maximum absolute atomic E-state index is 11.2. The zero-order valence-electron chi connectivity index (χ0n) is 8.96. The van der Waals surface area contributed by atoms with Crippen molar-refractivity contribution in [2.45, 2.75) is 38.8 Å². The summed E-state index contributed by atoms with van der Waals surface area (Å²) in [6.45, 7) is 3.48. The van der Waals surface area contributed by atoms with E-state index in [4.69, 9.17) is 5.73 Å². The number of carbonyl (C=O) groups is 2. The van der Waals surface area contributed by atoms with E-state index in [9.17, 15) is 9.59 Å². The van der Waals surface area contributed by atoms with Gasteiger partial charge in [-0.2, -0.15) is 0 Å². The molecule has 5 nitrogen and oxygen atoms in total. The van der Waals surface area contributed by atoms with Crippen LogP contribution in [0, 0.1) is 0 Å². The van der Waals surface area contributed by atoms with Crippen LogP contribution in [0.2, 0.25) is 0 Å². The van der Waals surface area contributed by atoms with E-state index in [2.05, 4.69) is 10.6 Å². The molecule has 0 radical (unpaired) electrons. The molecule has 0 fully saturated rings. The Bertz CT molecular complexity index is 204. The highest BCUT2D eigenvalue weighted by Crippen LogP contribution is 1.94. The summed E-state index contributed by atoms with van der Waals surface area (Å²) in [5, 5.41) is 5.04. The van der Waals surface area contributed by atoms with Gasteiger partial charge in [-0.3, -0.25) is 9.59 Å². The first-order valence-corrected chi connectivity index (χ1v) is 4.74. The second-order valence-corrected chi connectivity index (χ2v) is 3.42.